The normalized spacial score (nSPS) is 13.7. The molecule has 0 radical (unpaired) electrons. The molecule has 2 heteroatoms. The zero-order chi connectivity index (χ0) is 7.11. The lowest BCUT2D eigenvalue weighted by Gasteiger charge is -2.05. The van der Waals surface area contributed by atoms with Crippen molar-refractivity contribution in [3.63, 3.8) is 0 Å². The predicted molar refractivity (Wildman–Crippen MR) is 43.9 cm³/mol. The van der Waals surface area contributed by atoms with Crippen LogP contribution in [0.15, 0.2) is 0 Å². The summed E-state index contributed by atoms with van der Waals surface area (Å²) in [6.45, 7) is 2.14. The highest BCUT2D eigenvalue weighted by molar-refractivity contribution is 9.09. The molecule has 0 aromatic carbocycles. The Morgan fingerprint density at radius 3 is 2.56 bits per heavy atom. The van der Waals surface area contributed by atoms with Crippen LogP contribution in [0.25, 0.3) is 0 Å². The Morgan fingerprint density at radius 1 is 1.44 bits per heavy atom. The number of hydrogen-bond acceptors (Lipinski definition) is 1. The molecule has 1 atom stereocenters. The lowest BCUT2D eigenvalue weighted by molar-refractivity contribution is 0.159. The highest BCUT2D eigenvalue weighted by Crippen LogP contribution is 2.04. The van der Waals surface area contributed by atoms with Gasteiger partial charge in [0.2, 0.25) is 0 Å². The summed E-state index contributed by atoms with van der Waals surface area (Å²) < 4.78 is 0. The maximum atomic E-state index is 9.15. The van der Waals surface area contributed by atoms with E-state index in [1.54, 1.807) is 0 Å². The quantitative estimate of drug-likeness (QED) is 0.667. The summed E-state index contributed by atoms with van der Waals surface area (Å²) in [5.41, 5.74) is 0. The summed E-state index contributed by atoms with van der Waals surface area (Å²) in [5.74, 6) is 0. The van der Waals surface area contributed by atoms with Gasteiger partial charge in [0.1, 0.15) is 0 Å². The first-order valence-electron chi connectivity index (χ1n) is 3.55. The van der Waals surface area contributed by atoms with E-state index in [2.05, 4.69) is 22.9 Å². The SMILES string of the molecule is CCCCC(O)CCBr. The van der Waals surface area contributed by atoms with Crippen molar-refractivity contribution in [1.82, 2.24) is 0 Å². The zero-order valence-electron chi connectivity index (χ0n) is 5.94. The minimum absolute atomic E-state index is 0.0793. The van der Waals surface area contributed by atoms with Crippen LogP contribution in [-0.4, -0.2) is 16.5 Å². The fourth-order valence-corrected chi connectivity index (χ4v) is 1.24. The molecule has 0 heterocycles. The average molecular weight is 195 g/mol. The lowest BCUT2D eigenvalue weighted by Crippen LogP contribution is -2.05. The molecule has 0 saturated heterocycles. The van der Waals surface area contributed by atoms with Gasteiger partial charge in [0, 0.05) is 5.33 Å². The van der Waals surface area contributed by atoms with Crippen LogP contribution in [0.5, 0.6) is 0 Å². The van der Waals surface area contributed by atoms with Crippen LogP contribution in [0, 0.1) is 0 Å². The van der Waals surface area contributed by atoms with Gasteiger partial charge >= 0.3 is 0 Å². The minimum Gasteiger partial charge on any atom is -0.393 e. The Bertz CT molecular complexity index is 56.9. The molecule has 0 aromatic heterocycles. The van der Waals surface area contributed by atoms with Gasteiger partial charge in [-0.3, -0.25) is 0 Å². The third-order valence-corrected chi connectivity index (χ3v) is 1.79. The Morgan fingerprint density at radius 2 is 2.11 bits per heavy atom. The molecule has 0 rings (SSSR count). The number of hydrogen-bond donors (Lipinski definition) is 1. The first kappa shape index (κ1) is 9.44. The molecule has 0 aliphatic rings. The van der Waals surface area contributed by atoms with Crippen LogP contribution < -0.4 is 0 Å². The Balaban J connectivity index is 2.95. The molecule has 9 heavy (non-hydrogen) atoms. The molecule has 0 aliphatic carbocycles. The third kappa shape index (κ3) is 6.32. The van der Waals surface area contributed by atoms with E-state index >= 15 is 0 Å². The standard InChI is InChI=1S/C7H15BrO/c1-2-3-4-7(9)5-6-8/h7,9H,2-6H2,1H3. The van der Waals surface area contributed by atoms with E-state index in [4.69, 9.17) is 5.11 Å². The second-order valence-electron chi connectivity index (χ2n) is 2.27. The first-order valence-corrected chi connectivity index (χ1v) is 4.67. The van der Waals surface area contributed by atoms with Gasteiger partial charge in [-0.2, -0.15) is 0 Å². The number of unbranched alkanes of at least 4 members (excludes halogenated alkanes) is 1. The average Bonchev–Trinajstić information content (AvgIpc) is 1.85. The van der Waals surface area contributed by atoms with Crippen molar-refractivity contribution in [2.24, 2.45) is 0 Å². The number of aliphatic hydroxyl groups excluding tert-OH is 1. The van der Waals surface area contributed by atoms with Gasteiger partial charge in [0.05, 0.1) is 6.10 Å². The second-order valence-corrected chi connectivity index (χ2v) is 3.07. The summed E-state index contributed by atoms with van der Waals surface area (Å²) in [6, 6.07) is 0. The van der Waals surface area contributed by atoms with E-state index in [0.717, 1.165) is 24.6 Å². The molecule has 56 valence electrons. The van der Waals surface area contributed by atoms with Crippen LogP contribution in [-0.2, 0) is 0 Å². The van der Waals surface area contributed by atoms with Gasteiger partial charge in [0.15, 0.2) is 0 Å². The topological polar surface area (TPSA) is 20.2 Å². The molecular weight excluding hydrogens is 180 g/mol. The summed E-state index contributed by atoms with van der Waals surface area (Å²) >= 11 is 3.28. The number of halogens is 1. The highest BCUT2D eigenvalue weighted by Gasteiger charge is 1.99. The van der Waals surface area contributed by atoms with Crippen molar-refractivity contribution in [1.29, 1.82) is 0 Å². The molecule has 0 amide bonds. The summed E-state index contributed by atoms with van der Waals surface area (Å²) in [7, 11) is 0. The van der Waals surface area contributed by atoms with Crippen molar-refractivity contribution < 1.29 is 5.11 Å². The van der Waals surface area contributed by atoms with Crippen molar-refractivity contribution in [2.75, 3.05) is 5.33 Å². The Labute approximate surface area is 65.6 Å². The van der Waals surface area contributed by atoms with Crippen LogP contribution in [0.1, 0.15) is 32.6 Å². The number of aliphatic hydroxyl groups is 1. The Hall–Kier alpha value is 0.440. The lowest BCUT2D eigenvalue weighted by atomic mass is 10.1. The molecule has 0 fully saturated rings. The van der Waals surface area contributed by atoms with Gasteiger partial charge in [-0.25, -0.2) is 0 Å². The maximum absolute atomic E-state index is 9.15. The van der Waals surface area contributed by atoms with Gasteiger partial charge in [-0.15, -0.1) is 0 Å². The fourth-order valence-electron chi connectivity index (χ4n) is 0.710. The van der Waals surface area contributed by atoms with E-state index in [1.807, 2.05) is 0 Å². The molecular formula is C7H15BrO. The molecule has 1 N–H and O–H groups in total. The van der Waals surface area contributed by atoms with Gasteiger partial charge in [-0.05, 0) is 12.8 Å². The van der Waals surface area contributed by atoms with Gasteiger partial charge in [0.25, 0.3) is 0 Å². The third-order valence-electron chi connectivity index (χ3n) is 1.33. The number of alkyl halides is 1. The van der Waals surface area contributed by atoms with E-state index in [9.17, 15) is 0 Å². The highest BCUT2D eigenvalue weighted by atomic mass is 79.9. The molecule has 0 saturated carbocycles. The minimum atomic E-state index is -0.0793. The smallest absolute Gasteiger partial charge is 0.0548 e. The van der Waals surface area contributed by atoms with Crippen LogP contribution in [0.3, 0.4) is 0 Å². The summed E-state index contributed by atoms with van der Waals surface area (Å²) in [6.07, 6.45) is 4.10. The van der Waals surface area contributed by atoms with Crippen LogP contribution >= 0.6 is 15.9 Å². The van der Waals surface area contributed by atoms with Crippen LogP contribution in [0.4, 0.5) is 0 Å². The van der Waals surface area contributed by atoms with Crippen molar-refractivity contribution in [3.8, 4) is 0 Å². The van der Waals surface area contributed by atoms with Crippen molar-refractivity contribution in [2.45, 2.75) is 38.7 Å². The Kier molecular flexibility index (Phi) is 6.88. The molecule has 0 aliphatic heterocycles. The molecule has 0 bridgehead atoms. The van der Waals surface area contributed by atoms with E-state index in [-0.39, 0.29) is 6.10 Å². The largest absolute Gasteiger partial charge is 0.393 e. The molecule has 1 unspecified atom stereocenters. The summed E-state index contributed by atoms with van der Waals surface area (Å²) in [4.78, 5) is 0. The molecule has 0 spiro atoms. The van der Waals surface area contributed by atoms with Crippen molar-refractivity contribution in [3.05, 3.63) is 0 Å². The number of rotatable bonds is 5. The predicted octanol–water partition coefficient (Wildman–Crippen LogP) is 2.32. The first-order chi connectivity index (χ1) is 4.31. The fraction of sp³-hybridized carbons (Fsp3) is 1.00. The van der Waals surface area contributed by atoms with Gasteiger partial charge < -0.3 is 5.11 Å². The van der Waals surface area contributed by atoms with Crippen molar-refractivity contribution >= 4 is 15.9 Å². The van der Waals surface area contributed by atoms with Gasteiger partial charge in [-0.1, -0.05) is 35.7 Å². The van der Waals surface area contributed by atoms with Crippen LogP contribution in [0.2, 0.25) is 0 Å². The van der Waals surface area contributed by atoms with E-state index in [1.165, 1.54) is 6.42 Å². The van der Waals surface area contributed by atoms with E-state index < -0.39 is 0 Å². The second kappa shape index (κ2) is 6.56. The molecule has 0 aromatic rings. The maximum Gasteiger partial charge on any atom is 0.0548 e. The molecule has 1 nitrogen and oxygen atoms in total. The van der Waals surface area contributed by atoms with E-state index in [0.29, 0.717) is 0 Å². The summed E-state index contributed by atoms with van der Waals surface area (Å²) in [5, 5.41) is 10.1. The zero-order valence-corrected chi connectivity index (χ0v) is 7.52. The monoisotopic (exact) mass is 194 g/mol.